The molecule has 3 heteroatoms. The molecule has 1 aromatic heterocycles. The summed E-state index contributed by atoms with van der Waals surface area (Å²) in [5.41, 5.74) is 8.08. The van der Waals surface area contributed by atoms with E-state index in [0.717, 1.165) is 6.54 Å². The van der Waals surface area contributed by atoms with E-state index in [2.05, 4.69) is 40.0 Å². The standard InChI is InChI=1S/C14H17N3/c15-9-11-1-3-12(4-2-11)10-17-8-7-16-14(17)13-5-6-13/h1-4,7-8,13H,5-6,9-10,15H2. The number of nitrogens with two attached hydrogens (primary N) is 1. The van der Waals surface area contributed by atoms with Gasteiger partial charge in [-0.2, -0.15) is 0 Å². The van der Waals surface area contributed by atoms with Crippen molar-refractivity contribution >= 4 is 0 Å². The SMILES string of the molecule is NCc1ccc(Cn2ccnc2C2CC2)cc1. The van der Waals surface area contributed by atoms with Crippen LogP contribution >= 0.6 is 0 Å². The Morgan fingerprint density at radius 2 is 1.88 bits per heavy atom. The normalized spacial score (nSPS) is 15.1. The maximum atomic E-state index is 5.59. The van der Waals surface area contributed by atoms with Crippen molar-refractivity contribution < 1.29 is 0 Å². The van der Waals surface area contributed by atoms with Gasteiger partial charge >= 0.3 is 0 Å². The van der Waals surface area contributed by atoms with Crippen molar-refractivity contribution in [3.8, 4) is 0 Å². The van der Waals surface area contributed by atoms with Gasteiger partial charge in [0.2, 0.25) is 0 Å². The predicted molar refractivity (Wildman–Crippen MR) is 67.6 cm³/mol. The van der Waals surface area contributed by atoms with Gasteiger partial charge in [-0.15, -0.1) is 0 Å². The van der Waals surface area contributed by atoms with Crippen LogP contribution in [0.4, 0.5) is 0 Å². The highest BCUT2D eigenvalue weighted by molar-refractivity contribution is 5.23. The van der Waals surface area contributed by atoms with Crippen LogP contribution in [0.3, 0.4) is 0 Å². The second-order valence-corrected chi connectivity index (χ2v) is 4.71. The summed E-state index contributed by atoms with van der Waals surface area (Å²) < 4.78 is 2.26. The largest absolute Gasteiger partial charge is 0.330 e. The van der Waals surface area contributed by atoms with Crippen LogP contribution in [0, 0.1) is 0 Å². The van der Waals surface area contributed by atoms with Gasteiger partial charge < -0.3 is 10.3 Å². The number of hydrogen-bond acceptors (Lipinski definition) is 2. The molecule has 0 unspecified atom stereocenters. The van der Waals surface area contributed by atoms with Gasteiger partial charge in [0.15, 0.2) is 0 Å². The smallest absolute Gasteiger partial charge is 0.112 e. The van der Waals surface area contributed by atoms with E-state index in [0.29, 0.717) is 12.5 Å². The second-order valence-electron chi connectivity index (χ2n) is 4.71. The van der Waals surface area contributed by atoms with E-state index in [-0.39, 0.29) is 0 Å². The van der Waals surface area contributed by atoms with Gasteiger partial charge in [-0.3, -0.25) is 0 Å². The minimum Gasteiger partial charge on any atom is -0.330 e. The molecule has 3 rings (SSSR count). The summed E-state index contributed by atoms with van der Waals surface area (Å²) in [6, 6.07) is 8.50. The highest BCUT2D eigenvalue weighted by atomic mass is 15.1. The summed E-state index contributed by atoms with van der Waals surface area (Å²) in [4.78, 5) is 4.45. The van der Waals surface area contributed by atoms with E-state index >= 15 is 0 Å². The summed E-state index contributed by atoms with van der Waals surface area (Å²) in [6.07, 6.45) is 6.57. The molecule has 1 fully saturated rings. The zero-order valence-electron chi connectivity index (χ0n) is 9.84. The Labute approximate surface area is 101 Å². The summed E-state index contributed by atoms with van der Waals surface area (Å²) in [6.45, 7) is 1.52. The minimum atomic E-state index is 0.610. The van der Waals surface area contributed by atoms with Crippen LogP contribution < -0.4 is 5.73 Å². The maximum Gasteiger partial charge on any atom is 0.112 e. The summed E-state index contributed by atoms with van der Waals surface area (Å²) in [5, 5.41) is 0. The topological polar surface area (TPSA) is 43.8 Å². The average molecular weight is 227 g/mol. The summed E-state index contributed by atoms with van der Waals surface area (Å²) >= 11 is 0. The van der Waals surface area contributed by atoms with Gasteiger partial charge in [0.25, 0.3) is 0 Å². The van der Waals surface area contributed by atoms with Crippen LogP contribution in [-0.4, -0.2) is 9.55 Å². The minimum absolute atomic E-state index is 0.610. The highest BCUT2D eigenvalue weighted by Crippen LogP contribution is 2.39. The van der Waals surface area contributed by atoms with E-state index in [9.17, 15) is 0 Å². The molecule has 2 aromatic rings. The Bertz CT molecular complexity index is 494. The van der Waals surface area contributed by atoms with Crippen molar-refractivity contribution in [2.24, 2.45) is 5.73 Å². The molecule has 1 saturated carbocycles. The molecule has 17 heavy (non-hydrogen) atoms. The van der Waals surface area contributed by atoms with Crippen LogP contribution in [0.25, 0.3) is 0 Å². The van der Waals surface area contributed by atoms with Gasteiger partial charge in [-0.1, -0.05) is 24.3 Å². The lowest BCUT2D eigenvalue weighted by Gasteiger charge is -2.07. The molecule has 2 N–H and O–H groups in total. The van der Waals surface area contributed by atoms with Gasteiger partial charge in [0.1, 0.15) is 5.82 Å². The first kappa shape index (κ1) is 10.5. The second kappa shape index (κ2) is 4.34. The number of rotatable bonds is 4. The molecule has 1 heterocycles. The average Bonchev–Trinajstić information content (AvgIpc) is 3.11. The molecule has 0 bridgehead atoms. The third-order valence-electron chi connectivity index (χ3n) is 3.30. The molecule has 1 aliphatic rings. The molecule has 1 aromatic carbocycles. The lowest BCUT2D eigenvalue weighted by atomic mass is 10.1. The molecule has 0 spiro atoms. The van der Waals surface area contributed by atoms with Crippen LogP contribution in [0.15, 0.2) is 36.7 Å². The molecule has 88 valence electrons. The Kier molecular flexibility index (Phi) is 2.69. The Morgan fingerprint density at radius 1 is 1.18 bits per heavy atom. The third-order valence-corrected chi connectivity index (χ3v) is 3.30. The van der Waals surface area contributed by atoms with Crippen LogP contribution in [0.2, 0.25) is 0 Å². The lowest BCUT2D eigenvalue weighted by molar-refractivity contribution is 0.726. The Balaban J connectivity index is 1.78. The molecule has 1 aliphatic carbocycles. The van der Waals surface area contributed by atoms with Gasteiger partial charge in [-0.05, 0) is 24.0 Å². The molecule has 0 aliphatic heterocycles. The van der Waals surface area contributed by atoms with Crippen molar-refractivity contribution in [2.45, 2.75) is 31.8 Å². The first-order valence-electron chi connectivity index (χ1n) is 6.16. The van der Waals surface area contributed by atoms with Crippen molar-refractivity contribution in [3.05, 3.63) is 53.6 Å². The van der Waals surface area contributed by atoms with E-state index in [1.54, 1.807) is 0 Å². The van der Waals surface area contributed by atoms with Crippen LogP contribution in [0.5, 0.6) is 0 Å². The van der Waals surface area contributed by atoms with E-state index < -0.39 is 0 Å². The first-order chi connectivity index (χ1) is 8.36. The molecular formula is C14H17N3. The van der Waals surface area contributed by atoms with Gasteiger partial charge in [0.05, 0.1) is 0 Å². The van der Waals surface area contributed by atoms with E-state index in [4.69, 9.17) is 5.73 Å². The van der Waals surface area contributed by atoms with Crippen molar-refractivity contribution in [1.29, 1.82) is 0 Å². The highest BCUT2D eigenvalue weighted by Gasteiger charge is 2.27. The molecule has 0 amide bonds. The Hall–Kier alpha value is -1.61. The van der Waals surface area contributed by atoms with Crippen molar-refractivity contribution in [3.63, 3.8) is 0 Å². The maximum absolute atomic E-state index is 5.59. The Morgan fingerprint density at radius 3 is 2.53 bits per heavy atom. The fraction of sp³-hybridized carbons (Fsp3) is 0.357. The third kappa shape index (κ3) is 2.24. The molecule has 0 saturated heterocycles. The number of nitrogens with zero attached hydrogens (tertiary/aromatic N) is 2. The molecule has 0 atom stereocenters. The monoisotopic (exact) mass is 227 g/mol. The quantitative estimate of drug-likeness (QED) is 0.870. The van der Waals surface area contributed by atoms with Crippen molar-refractivity contribution in [2.75, 3.05) is 0 Å². The van der Waals surface area contributed by atoms with Gasteiger partial charge in [-0.25, -0.2) is 4.98 Å². The predicted octanol–water partition coefficient (Wildman–Crippen LogP) is 2.27. The first-order valence-corrected chi connectivity index (χ1v) is 6.16. The van der Waals surface area contributed by atoms with Crippen LogP contribution in [0.1, 0.15) is 35.7 Å². The van der Waals surface area contributed by atoms with E-state index in [1.165, 1.54) is 29.8 Å². The van der Waals surface area contributed by atoms with Gasteiger partial charge in [0, 0.05) is 31.4 Å². The number of imidazole rings is 1. The van der Waals surface area contributed by atoms with E-state index in [1.807, 2.05) is 6.20 Å². The molecule has 3 nitrogen and oxygen atoms in total. The fourth-order valence-corrected chi connectivity index (χ4v) is 2.13. The summed E-state index contributed by atoms with van der Waals surface area (Å²) in [5.74, 6) is 1.95. The zero-order chi connectivity index (χ0) is 11.7. The summed E-state index contributed by atoms with van der Waals surface area (Å²) in [7, 11) is 0. The fourth-order valence-electron chi connectivity index (χ4n) is 2.13. The number of aromatic nitrogens is 2. The molecular weight excluding hydrogens is 210 g/mol. The lowest BCUT2D eigenvalue weighted by Crippen LogP contribution is -2.03. The van der Waals surface area contributed by atoms with Crippen molar-refractivity contribution in [1.82, 2.24) is 9.55 Å². The molecule has 0 radical (unpaired) electrons. The number of hydrogen-bond donors (Lipinski definition) is 1. The number of benzene rings is 1. The van der Waals surface area contributed by atoms with Crippen LogP contribution in [-0.2, 0) is 13.1 Å². The zero-order valence-corrected chi connectivity index (χ0v) is 9.84.